The second-order valence-corrected chi connectivity index (χ2v) is 6.96. The molecule has 7 heteroatoms. The van der Waals surface area contributed by atoms with E-state index >= 15 is 0 Å². The van der Waals surface area contributed by atoms with Crippen LogP contribution in [0.5, 0.6) is 0 Å². The van der Waals surface area contributed by atoms with Crippen molar-refractivity contribution in [2.45, 2.75) is 36.7 Å². The van der Waals surface area contributed by atoms with Crippen molar-refractivity contribution in [3.8, 4) is 0 Å². The summed E-state index contributed by atoms with van der Waals surface area (Å²) < 4.78 is 10.6. The maximum absolute atomic E-state index is 12.3. The fourth-order valence-corrected chi connectivity index (χ4v) is 3.53. The van der Waals surface area contributed by atoms with Gasteiger partial charge in [-0.25, -0.2) is 4.79 Å². The van der Waals surface area contributed by atoms with E-state index < -0.39 is 0 Å². The van der Waals surface area contributed by atoms with Gasteiger partial charge in [0.05, 0.1) is 23.9 Å². The maximum atomic E-state index is 12.3. The van der Waals surface area contributed by atoms with E-state index in [1.165, 1.54) is 18.9 Å². The lowest BCUT2D eigenvalue weighted by molar-refractivity contribution is 0.0598. The van der Waals surface area contributed by atoms with E-state index in [1.807, 2.05) is 31.2 Å². The summed E-state index contributed by atoms with van der Waals surface area (Å²) in [7, 11) is 1.38. The van der Waals surface area contributed by atoms with E-state index in [4.69, 9.17) is 9.15 Å². The Balaban J connectivity index is 1.67. The van der Waals surface area contributed by atoms with Crippen LogP contribution in [0.4, 0.5) is 0 Å². The molecule has 3 aromatic rings. The highest BCUT2D eigenvalue weighted by Gasteiger charge is 2.29. The average molecular weight is 355 g/mol. The van der Waals surface area contributed by atoms with Crippen molar-refractivity contribution in [2.75, 3.05) is 7.11 Å². The van der Waals surface area contributed by atoms with Gasteiger partial charge in [-0.3, -0.25) is 4.98 Å². The third-order valence-corrected chi connectivity index (χ3v) is 5.13. The molecule has 0 radical (unpaired) electrons. The predicted octanol–water partition coefficient (Wildman–Crippen LogP) is 3.88. The second-order valence-electron chi connectivity index (χ2n) is 6.04. The molecule has 0 N–H and O–H groups in total. The van der Waals surface area contributed by atoms with Crippen LogP contribution in [0.1, 0.15) is 46.3 Å². The van der Waals surface area contributed by atoms with Crippen LogP contribution in [0, 0.1) is 6.92 Å². The topological polar surface area (TPSA) is 78.1 Å². The monoisotopic (exact) mass is 355 g/mol. The first-order valence-corrected chi connectivity index (χ1v) is 9.08. The van der Waals surface area contributed by atoms with Crippen molar-refractivity contribution in [1.29, 1.82) is 0 Å². The Morgan fingerprint density at radius 3 is 2.88 bits per heavy atom. The molecule has 25 heavy (non-hydrogen) atoms. The Morgan fingerprint density at radius 2 is 2.12 bits per heavy atom. The summed E-state index contributed by atoms with van der Waals surface area (Å²) in [6, 6.07) is 7.77. The number of benzene rings is 1. The Hall–Kier alpha value is -2.41. The number of methoxy groups -OCH3 is 1. The van der Waals surface area contributed by atoms with Gasteiger partial charge in [-0.1, -0.05) is 30.0 Å². The molecule has 128 valence electrons. The van der Waals surface area contributed by atoms with Crippen LogP contribution in [0.2, 0.25) is 0 Å². The molecule has 4 rings (SSSR count). The molecular formula is C18H17N3O3S. The van der Waals surface area contributed by atoms with Gasteiger partial charge >= 0.3 is 5.97 Å². The number of ether oxygens (including phenoxy) is 1. The van der Waals surface area contributed by atoms with Gasteiger partial charge in [-0.05, 0) is 31.4 Å². The summed E-state index contributed by atoms with van der Waals surface area (Å²) >= 11 is 1.39. The Kier molecular flexibility index (Phi) is 4.17. The van der Waals surface area contributed by atoms with E-state index in [0.29, 0.717) is 34.0 Å². The third-order valence-electron chi connectivity index (χ3n) is 4.30. The molecule has 6 nitrogen and oxygen atoms in total. The van der Waals surface area contributed by atoms with Gasteiger partial charge in [0.2, 0.25) is 5.89 Å². The molecule has 2 aromatic heterocycles. The zero-order chi connectivity index (χ0) is 17.4. The molecule has 0 bridgehead atoms. The molecule has 0 amide bonds. The molecule has 0 saturated heterocycles. The largest absolute Gasteiger partial charge is 0.465 e. The SMILES string of the molecule is COC(=O)c1c(CSc2nnc(C3CC3)o2)nc2ccccc2c1C. The molecule has 0 spiro atoms. The van der Waals surface area contributed by atoms with Crippen molar-refractivity contribution in [3.05, 3.63) is 47.0 Å². The van der Waals surface area contributed by atoms with E-state index in [2.05, 4.69) is 15.2 Å². The van der Waals surface area contributed by atoms with Crippen molar-refractivity contribution in [2.24, 2.45) is 0 Å². The van der Waals surface area contributed by atoms with E-state index in [-0.39, 0.29) is 5.97 Å². The fraction of sp³-hybridized carbons (Fsp3) is 0.333. The van der Waals surface area contributed by atoms with E-state index in [0.717, 1.165) is 29.3 Å². The normalized spacial score (nSPS) is 14.0. The Morgan fingerprint density at radius 1 is 1.32 bits per heavy atom. The smallest absolute Gasteiger partial charge is 0.340 e. The number of carbonyl (C=O) groups excluding carboxylic acids is 1. The van der Waals surface area contributed by atoms with E-state index in [9.17, 15) is 4.79 Å². The van der Waals surface area contributed by atoms with Gasteiger partial charge in [0, 0.05) is 17.1 Å². The van der Waals surface area contributed by atoms with Gasteiger partial charge in [-0.15, -0.1) is 10.2 Å². The van der Waals surface area contributed by atoms with Crippen molar-refractivity contribution >= 4 is 28.6 Å². The zero-order valence-corrected chi connectivity index (χ0v) is 14.8. The second kappa shape index (κ2) is 6.48. The first-order chi connectivity index (χ1) is 12.2. The predicted molar refractivity (Wildman–Crippen MR) is 93.7 cm³/mol. The summed E-state index contributed by atoms with van der Waals surface area (Å²) in [5, 5.41) is 9.61. The fourth-order valence-electron chi connectivity index (χ4n) is 2.82. The minimum absolute atomic E-state index is 0.379. The Labute approximate surface area is 149 Å². The van der Waals surface area contributed by atoms with Crippen LogP contribution in [-0.4, -0.2) is 28.3 Å². The van der Waals surface area contributed by atoms with Crippen LogP contribution < -0.4 is 0 Å². The lowest BCUT2D eigenvalue weighted by atomic mass is 10.0. The quantitative estimate of drug-likeness (QED) is 0.507. The van der Waals surface area contributed by atoms with Crippen LogP contribution in [0.15, 0.2) is 33.9 Å². The van der Waals surface area contributed by atoms with Crippen molar-refractivity contribution < 1.29 is 13.9 Å². The highest BCUT2D eigenvalue weighted by atomic mass is 32.2. The number of hydrogen-bond donors (Lipinski definition) is 0. The molecule has 0 atom stereocenters. The number of nitrogens with zero attached hydrogens (tertiary/aromatic N) is 3. The number of aromatic nitrogens is 3. The van der Waals surface area contributed by atoms with Gasteiger partial charge < -0.3 is 9.15 Å². The first-order valence-electron chi connectivity index (χ1n) is 8.10. The summed E-state index contributed by atoms with van der Waals surface area (Å²) in [6.45, 7) is 1.92. The van der Waals surface area contributed by atoms with Crippen LogP contribution in [-0.2, 0) is 10.5 Å². The highest BCUT2D eigenvalue weighted by molar-refractivity contribution is 7.98. The molecule has 0 aliphatic heterocycles. The molecule has 1 fully saturated rings. The summed E-state index contributed by atoms with van der Waals surface area (Å²) in [5.41, 5.74) is 2.90. The lowest BCUT2D eigenvalue weighted by Crippen LogP contribution is -2.10. The molecule has 2 heterocycles. The molecule has 1 aliphatic rings. The van der Waals surface area contributed by atoms with Crippen LogP contribution in [0.25, 0.3) is 10.9 Å². The Bertz CT molecular complexity index is 950. The van der Waals surface area contributed by atoms with Gasteiger partial charge in [0.1, 0.15) is 0 Å². The summed E-state index contributed by atoms with van der Waals surface area (Å²) in [6.07, 6.45) is 2.23. The molecule has 1 aliphatic carbocycles. The molecule has 1 aromatic carbocycles. The number of thioether (sulfide) groups is 1. The maximum Gasteiger partial charge on any atom is 0.340 e. The number of pyridine rings is 1. The standard InChI is InChI=1S/C18H17N3O3S/c1-10-12-5-3-4-6-13(12)19-14(15(10)17(22)23-2)9-25-18-21-20-16(24-18)11-7-8-11/h3-6,11H,7-9H2,1-2H3. The molecular weight excluding hydrogens is 338 g/mol. The number of rotatable bonds is 5. The minimum Gasteiger partial charge on any atom is -0.465 e. The number of hydrogen-bond acceptors (Lipinski definition) is 7. The van der Waals surface area contributed by atoms with Gasteiger partial charge in [0.15, 0.2) is 0 Å². The number of fused-ring (bicyclic) bond motifs is 1. The van der Waals surface area contributed by atoms with Gasteiger partial charge in [-0.2, -0.15) is 0 Å². The average Bonchev–Trinajstić information content (AvgIpc) is 3.38. The molecule has 0 unspecified atom stereocenters. The highest BCUT2D eigenvalue weighted by Crippen LogP contribution is 2.40. The number of para-hydroxylation sites is 1. The zero-order valence-electron chi connectivity index (χ0n) is 14.0. The van der Waals surface area contributed by atoms with Crippen molar-refractivity contribution in [3.63, 3.8) is 0 Å². The summed E-state index contributed by atoms with van der Waals surface area (Å²) in [4.78, 5) is 17.0. The third kappa shape index (κ3) is 3.11. The first kappa shape index (κ1) is 16.1. The number of aryl methyl sites for hydroxylation is 1. The van der Waals surface area contributed by atoms with Crippen LogP contribution in [0.3, 0.4) is 0 Å². The summed E-state index contributed by atoms with van der Waals surface area (Å²) in [5.74, 6) is 1.21. The molecule has 1 saturated carbocycles. The van der Waals surface area contributed by atoms with Crippen LogP contribution >= 0.6 is 11.8 Å². The lowest BCUT2D eigenvalue weighted by Gasteiger charge is -2.12. The minimum atomic E-state index is -0.379. The number of carbonyl (C=O) groups is 1. The van der Waals surface area contributed by atoms with E-state index in [1.54, 1.807) is 0 Å². The number of esters is 1. The van der Waals surface area contributed by atoms with Gasteiger partial charge in [0.25, 0.3) is 5.22 Å². The van der Waals surface area contributed by atoms with Crippen molar-refractivity contribution in [1.82, 2.24) is 15.2 Å².